The lowest BCUT2D eigenvalue weighted by molar-refractivity contribution is -0.139. The molecule has 1 fully saturated rings. The summed E-state index contributed by atoms with van der Waals surface area (Å²) in [5.41, 5.74) is 3.63. The van der Waals surface area contributed by atoms with Gasteiger partial charge in [-0.2, -0.15) is 18.3 Å². The van der Waals surface area contributed by atoms with Crippen LogP contribution in [0.2, 0.25) is 0 Å². The van der Waals surface area contributed by atoms with Crippen LogP contribution in [0.25, 0.3) is 22.3 Å². The third-order valence-electron chi connectivity index (χ3n) is 7.36. The molecule has 0 radical (unpaired) electrons. The van der Waals surface area contributed by atoms with Crippen LogP contribution >= 0.6 is 0 Å². The van der Waals surface area contributed by atoms with Gasteiger partial charge in [0.1, 0.15) is 12.2 Å². The third kappa shape index (κ3) is 6.28. The van der Waals surface area contributed by atoms with Crippen LogP contribution in [0.15, 0.2) is 59.5 Å². The maximum Gasteiger partial charge on any atom is 0.406 e. The first-order chi connectivity index (χ1) is 18.9. The molecule has 2 aromatic carbocycles. The van der Waals surface area contributed by atoms with E-state index >= 15 is 0 Å². The molecule has 0 spiro atoms. The molecule has 3 heterocycles. The van der Waals surface area contributed by atoms with E-state index < -0.39 is 22.6 Å². The molecule has 40 heavy (non-hydrogen) atoms. The molecule has 8 nitrogen and oxygen atoms in total. The highest BCUT2D eigenvalue weighted by atomic mass is 32.2. The number of nitrogens with one attached hydrogen (secondary N) is 2. The fraction of sp³-hybridized carbons (Fsp3) is 0.393. The SMILES string of the molecule is CN1CCC(Nc2cccc3c2cc(-c2cc(CNc4ccc(S(C)(=O)=O)cc4)n(C)n2)n3CC(F)(F)F)CC1. The standard InChI is InChI=1S/C28H33F3N6O2S/c1-35-13-11-20(12-14-35)33-24-5-4-6-26-23(24)16-27(37(26)18-28(29,30)31)25-15-21(36(2)34-25)17-32-19-7-9-22(10-8-19)40(3,38)39/h4-10,15-16,20,32-33H,11-14,17-18H2,1-3H3. The van der Waals surface area contributed by atoms with Gasteiger partial charge in [0.25, 0.3) is 0 Å². The number of benzene rings is 2. The predicted octanol–water partition coefficient (Wildman–Crippen LogP) is 5.13. The molecule has 0 bridgehead atoms. The molecule has 0 amide bonds. The summed E-state index contributed by atoms with van der Waals surface area (Å²) in [6, 6.07) is 15.7. The first-order valence-electron chi connectivity index (χ1n) is 13.1. The van der Waals surface area contributed by atoms with Crippen LogP contribution < -0.4 is 10.6 Å². The molecule has 1 aliphatic heterocycles. The van der Waals surface area contributed by atoms with E-state index in [1.54, 1.807) is 48.1 Å². The number of aryl methyl sites for hydroxylation is 1. The van der Waals surface area contributed by atoms with Gasteiger partial charge in [0.15, 0.2) is 9.84 Å². The number of sulfone groups is 1. The van der Waals surface area contributed by atoms with E-state index in [-0.39, 0.29) is 10.9 Å². The van der Waals surface area contributed by atoms with Gasteiger partial charge >= 0.3 is 6.18 Å². The van der Waals surface area contributed by atoms with Gasteiger partial charge in [0.05, 0.1) is 28.3 Å². The Morgan fingerprint density at radius 1 is 1.02 bits per heavy atom. The number of anilines is 2. The maximum atomic E-state index is 13.7. The normalized spacial score (nSPS) is 15.6. The number of piperidine rings is 1. The van der Waals surface area contributed by atoms with Crippen molar-refractivity contribution in [2.75, 3.05) is 37.0 Å². The van der Waals surface area contributed by atoms with Gasteiger partial charge in [-0.15, -0.1) is 0 Å². The Bertz CT molecular complexity index is 1600. The molecular weight excluding hydrogens is 541 g/mol. The van der Waals surface area contributed by atoms with Crippen molar-refractivity contribution in [3.05, 3.63) is 60.3 Å². The summed E-state index contributed by atoms with van der Waals surface area (Å²) in [6.07, 6.45) is -1.32. The van der Waals surface area contributed by atoms with Crippen molar-refractivity contribution in [2.45, 2.75) is 43.0 Å². The quantitative estimate of drug-likeness (QED) is 0.304. The molecule has 0 atom stereocenters. The van der Waals surface area contributed by atoms with Gasteiger partial charge in [0.2, 0.25) is 0 Å². The van der Waals surface area contributed by atoms with Crippen LogP contribution in [0.4, 0.5) is 24.5 Å². The number of fused-ring (bicyclic) bond motifs is 1. The highest BCUT2D eigenvalue weighted by molar-refractivity contribution is 7.90. The Balaban J connectivity index is 1.44. The topological polar surface area (TPSA) is 84.2 Å². The molecule has 2 N–H and O–H groups in total. The molecular formula is C28H33F3N6O2S. The zero-order valence-corrected chi connectivity index (χ0v) is 23.5. The van der Waals surface area contributed by atoms with Crippen molar-refractivity contribution in [1.29, 1.82) is 0 Å². The number of halogens is 3. The summed E-state index contributed by atoms with van der Waals surface area (Å²) in [7, 11) is 0.542. The van der Waals surface area contributed by atoms with E-state index in [1.165, 1.54) is 16.7 Å². The molecule has 4 aromatic rings. The monoisotopic (exact) mass is 574 g/mol. The van der Waals surface area contributed by atoms with Gasteiger partial charge in [-0.05, 0) is 81.5 Å². The average Bonchev–Trinajstić information content (AvgIpc) is 3.43. The average molecular weight is 575 g/mol. The number of hydrogen-bond donors (Lipinski definition) is 2. The van der Waals surface area contributed by atoms with Gasteiger partial charge in [-0.1, -0.05) is 6.07 Å². The maximum absolute atomic E-state index is 13.7. The molecule has 0 saturated carbocycles. The minimum atomic E-state index is -4.41. The van der Waals surface area contributed by atoms with Gasteiger partial charge < -0.3 is 20.1 Å². The summed E-state index contributed by atoms with van der Waals surface area (Å²) in [5, 5.41) is 12.1. The molecule has 5 rings (SSSR count). The van der Waals surface area contributed by atoms with Crippen LogP contribution in [0.3, 0.4) is 0 Å². The van der Waals surface area contributed by atoms with E-state index in [4.69, 9.17) is 0 Å². The molecule has 1 saturated heterocycles. The highest BCUT2D eigenvalue weighted by Crippen LogP contribution is 2.35. The zero-order valence-electron chi connectivity index (χ0n) is 22.7. The Kier molecular flexibility index (Phi) is 7.58. The fourth-order valence-corrected chi connectivity index (χ4v) is 5.78. The fourth-order valence-electron chi connectivity index (χ4n) is 5.15. The van der Waals surface area contributed by atoms with Crippen LogP contribution in [0, 0.1) is 0 Å². The lowest BCUT2D eigenvalue weighted by atomic mass is 10.0. The van der Waals surface area contributed by atoms with Crippen molar-refractivity contribution in [2.24, 2.45) is 7.05 Å². The van der Waals surface area contributed by atoms with Gasteiger partial charge in [-0.3, -0.25) is 4.68 Å². The van der Waals surface area contributed by atoms with Crippen molar-refractivity contribution in [1.82, 2.24) is 19.2 Å². The van der Waals surface area contributed by atoms with Crippen molar-refractivity contribution < 1.29 is 21.6 Å². The van der Waals surface area contributed by atoms with E-state index in [0.29, 0.717) is 29.1 Å². The number of hydrogen-bond acceptors (Lipinski definition) is 6. The van der Waals surface area contributed by atoms with Gasteiger partial charge in [0, 0.05) is 36.1 Å². The summed E-state index contributed by atoms with van der Waals surface area (Å²) in [6.45, 7) is 1.17. The van der Waals surface area contributed by atoms with E-state index in [2.05, 4.69) is 27.7 Å². The largest absolute Gasteiger partial charge is 0.406 e. The Morgan fingerprint density at radius 2 is 1.73 bits per heavy atom. The number of alkyl halides is 3. The summed E-state index contributed by atoms with van der Waals surface area (Å²) in [4.78, 5) is 2.50. The molecule has 0 aliphatic carbocycles. The van der Waals surface area contributed by atoms with E-state index in [1.807, 2.05) is 6.07 Å². The first kappa shape index (κ1) is 28.0. The smallest absolute Gasteiger partial charge is 0.382 e. The molecule has 0 unspecified atom stereocenters. The van der Waals surface area contributed by atoms with E-state index in [0.717, 1.165) is 49.0 Å². The van der Waals surface area contributed by atoms with Crippen molar-refractivity contribution in [3.8, 4) is 11.4 Å². The molecule has 1 aliphatic rings. The first-order valence-corrected chi connectivity index (χ1v) is 15.0. The van der Waals surface area contributed by atoms with Crippen molar-refractivity contribution >= 4 is 32.1 Å². The second-order valence-electron chi connectivity index (χ2n) is 10.5. The van der Waals surface area contributed by atoms with Crippen LogP contribution in [0.1, 0.15) is 18.5 Å². The third-order valence-corrected chi connectivity index (χ3v) is 8.49. The minimum absolute atomic E-state index is 0.225. The predicted molar refractivity (Wildman–Crippen MR) is 151 cm³/mol. The summed E-state index contributed by atoms with van der Waals surface area (Å²) < 4.78 is 67.5. The minimum Gasteiger partial charge on any atom is -0.382 e. The van der Waals surface area contributed by atoms with Crippen LogP contribution in [-0.2, 0) is 30.0 Å². The number of aromatic nitrogens is 3. The van der Waals surface area contributed by atoms with Gasteiger partial charge in [-0.25, -0.2) is 8.42 Å². The lowest BCUT2D eigenvalue weighted by Gasteiger charge is -2.30. The Hall–Kier alpha value is -3.51. The Labute approximate surface area is 231 Å². The number of likely N-dealkylation sites (tertiary alicyclic amines) is 1. The number of rotatable bonds is 8. The number of nitrogens with zero attached hydrogens (tertiary/aromatic N) is 4. The highest BCUT2D eigenvalue weighted by Gasteiger charge is 2.31. The molecule has 214 valence electrons. The van der Waals surface area contributed by atoms with E-state index in [9.17, 15) is 21.6 Å². The van der Waals surface area contributed by atoms with Crippen molar-refractivity contribution in [3.63, 3.8) is 0 Å². The molecule has 2 aromatic heterocycles. The second-order valence-corrected chi connectivity index (χ2v) is 12.5. The Morgan fingerprint density at radius 3 is 2.38 bits per heavy atom. The second kappa shape index (κ2) is 10.8. The lowest BCUT2D eigenvalue weighted by Crippen LogP contribution is -2.36. The zero-order chi connectivity index (χ0) is 28.7. The van der Waals surface area contributed by atoms with Crippen LogP contribution in [0.5, 0.6) is 0 Å². The van der Waals surface area contributed by atoms with Crippen LogP contribution in [-0.4, -0.2) is 66.3 Å². The molecule has 12 heteroatoms. The summed E-state index contributed by atoms with van der Waals surface area (Å²) >= 11 is 0. The summed E-state index contributed by atoms with van der Waals surface area (Å²) in [5.74, 6) is 0.